The molecule has 0 nitrogen and oxygen atoms in total. The van der Waals surface area contributed by atoms with E-state index in [2.05, 4.69) is 171 Å². The first-order valence-electron chi connectivity index (χ1n) is 15.8. The van der Waals surface area contributed by atoms with Gasteiger partial charge in [-0.3, -0.25) is 0 Å². The predicted molar refractivity (Wildman–Crippen MR) is 201 cm³/mol. The van der Waals surface area contributed by atoms with Crippen LogP contribution >= 0.6 is 11.3 Å². The van der Waals surface area contributed by atoms with Crippen molar-refractivity contribution in [3.63, 3.8) is 0 Å². The van der Waals surface area contributed by atoms with E-state index in [0.717, 1.165) is 0 Å². The molecule has 0 saturated carbocycles. The number of hydrogen-bond acceptors (Lipinski definition) is 1. The van der Waals surface area contributed by atoms with Crippen LogP contribution in [0.3, 0.4) is 0 Å². The van der Waals surface area contributed by atoms with E-state index >= 15 is 0 Å². The molecule has 0 aliphatic rings. The Morgan fingerprint density at radius 3 is 1.70 bits per heavy atom. The monoisotopic (exact) mass is 602 g/mol. The zero-order chi connectivity index (χ0) is 30.6. The van der Waals surface area contributed by atoms with Crippen molar-refractivity contribution in [3.05, 3.63) is 169 Å². The third-order valence-corrected chi connectivity index (χ3v) is 10.6. The second-order valence-corrected chi connectivity index (χ2v) is 13.2. The Hall–Kier alpha value is -5.50. The van der Waals surface area contributed by atoms with Crippen LogP contribution in [-0.2, 0) is 0 Å². The Labute approximate surface area is 272 Å². The van der Waals surface area contributed by atoms with E-state index in [0.29, 0.717) is 0 Å². The highest BCUT2D eigenvalue weighted by molar-refractivity contribution is 7.26. The summed E-state index contributed by atoms with van der Waals surface area (Å²) < 4.78 is 2.68. The molecule has 8 aromatic carbocycles. The molecule has 0 N–H and O–H groups in total. The van der Waals surface area contributed by atoms with Gasteiger partial charge in [0.15, 0.2) is 0 Å². The van der Waals surface area contributed by atoms with Crippen LogP contribution in [0.1, 0.15) is 5.56 Å². The molecule has 9 rings (SSSR count). The molecule has 0 unspecified atom stereocenters. The van der Waals surface area contributed by atoms with E-state index in [1.807, 2.05) is 11.3 Å². The molecule has 0 aliphatic carbocycles. The fraction of sp³-hybridized carbons (Fsp3) is 0.0222. The van der Waals surface area contributed by atoms with Gasteiger partial charge in [0.1, 0.15) is 0 Å². The van der Waals surface area contributed by atoms with E-state index in [-0.39, 0.29) is 0 Å². The molecule has 0 atom stereocenters. The fourth-order valence-corrected chi connectivity index (χ4v) is 8.38. The van der Waals surface area contributed by atoms with Gasteiger partial charge in [0.05, 0.1) is 0 Å². The third kappa shape index (κ3) is 4.35. The molecule has 0 spiro atoms. The fourth-order valence-electron chi connectivity index (χ4n) is 7.15. The van der Waals surface area contributed by atoms with Gasteiger partial charge in [0, 0.05) is 20.2 Å². The molecule has 1 heterocycles. The van der Waals surface area contributed by atoms with Crippen molar-refractivity contribution in [1.82, 2.24) is 0 Å². The van der Waals surface area contributed by atoms with Crippen molar-refractivity contribution in [3.8, 4) is 44.5 Å². The van der Waals surface area contributed by atoms with Crippen LogP contribution in [0, 0.1) is 6.92 Å². The highest BCUT2D eigenvalue weighted by Crippen LogP contribution is 2.45. The maximum absolute atomic E-state index is 2.42. The second kappa shape index (κ2) is 10.8. The Bertz CT molecular complexity index is 2570. The molecule has 0 saturated heterocycles. The van der Waals surface area contributed by atoms with Crippen molar-refractivity contribution in [2.45, 2.75) is 6.92 Å². The normalized spacial score (nSPS) is 11.6. The van der Waals surface area contributed by atoms with Crippen molar-refractivity contribution >= 4 is 53.1 Å². The Kier molecular flexibility index (Phi) is 6.33. The lowest BCUT2D eigenvalue weighted by Crippen LogP contribution is -1.92. The lowest BCUT2D eigenvalue weighted by Gasteiger charge is -2.19. The van der Waals surface area contributed by atoms with Crippen molar-refractivity contribution in [2.75, 3.05) is 0 Å². The van der Waals surface area contributed by atoms with Gasteiger partial charge in [-0.05, 0) is 91.2 Å². The summed E-state index contributed by atoms with van der Waals surface area (Å²) in [4.78, 5) is 0. The zero-order valence-corrected chi connectivity index (χ0v) is 26.3. The van der Waals surface area contributed by atoms with E-state index in [1.54, 1.807) is 0 Å². The molecular formula is C45H30S. The minimum absolute atomic E-state index is 1.22. The van der Waals surface area contributed by atoms with Gasteiger partial charge in [-0.15, -0.1) is 11.3 Å². The Balaban J connectivity index is 1.29. The van der Waals surface area contributed by atoms with Crippen LogP contribution < -0.4 is 0 Å². The number of thiophene rings is 1. The van der Waals surface area contributed by atoms with Crippen LogP contribution in [0.25, 0.3) is 86.2 Å². The quantitative estimate of drug-likeness (QED) is 0.176. The molecule has 1 heteroatoms. The zero-order valence-electron chi connectivity index (χ0n) is 25.5. The Morgan fingerprint density at radius 1 is 0.348 bits per heavy atom. The molecule has 46 heavy (non-hydrogen) atoms. The maximum Gasteiger partial charge on any atom is 0.0433 e. The number of aryl methyl sites for hydroxylation is 1. The summed E-state index contributed by atoms with van der Waals surface area (Å²) in [7, 11) is 0. The molecular weight excluding hydrogens is 573 g/mol. The number of hydrogen-bond donors (Lipinski definition) is 0. The average Bonchev–Trinajstić information content (AvgIpc) is 3.50. The standard InChI is InChI=1S/C45H30S/c1-29-21-23-31(24-22-29)43-37-16-5-6-17-38(37)44(30-11-3-2-4-12-30)41-28-33(25-26-39(41)43)32-13-9-14-34(27-32)35-18-10-19-40-36-15-7-8-20-42(36)46-45(35)40/h2-28H,1H3. The Morgan fingerprint density at radius 2 is 0.891 bits per heavy atom. The minimum Gasteiger partial charge on any atom is -0.135 e. The summed E-state index contributed by atoms with van der Waals surface area (Å²) in [6.07, 6.45) is 0. The van der Waals surface area contributed by atoms with Crippen LogP contribution in [0.2, 0.25) is 0 Å². The lowest BCUT2D eigenvalue weighted by molar-refractivity contribution is 1.47. The molecule has 0 bridgehead atoms. The summed E-state index contributed by atoms with van der Waals surface area (Å²) in [6.45, 7) is 2.15. The van der Waals surface area contributed by atoms with Gasteiger partial charge in [-0.2, -0.15) is 0 Å². The van der Waals surface area contributed by atoms with Crippen molar-refractivity contribution < 1.29 is 0 Å². The number of fused-ring (bicyclic) bond motifs is 5. The first-order valence-corrected chi connectivity index (χ1v) is 16.7. The van der Waals surface area contributed by atoms with Gasteiger partial charge < -0.3 is 0 Å². The third-order valence-electron chi connectivity index (χ3n) is 9.34. The van der Waals surface area contributed by atoms with Crippen LogP contribution in [0.15, 0.2) is 164 Å². The van der Waals surface area contributed by atoms with Gasteiger partial charge in [0.25, 0.3) is 0 Å². The first kappa shape index (κ1) is 26.9. The van der Waals surface area contributed by atoms with Crippen LogP contribution in [0.4, 0.5) is 0 Å². The summed E-state index contributed by atoms with van der Waals surface area (Å²) in [5, 5.41) is 7.77. The van der Waals surface area contributed by atoms with Crippen LogP contribution in [0.5, 0.6) is 0 Å². The maximum atomic E-state index is 2.42. The summed E-state index contributed by atoms with van der Waals surface area (Å²) in [5.74, 6) is 0. The molecule has 0 aliphatic heterocycles. The number of rotatable bonds is 4. The predicted octanol–water partition coefficient (Wildman–Crippen LogP) is 13.3. The smallest absolute Gasteiger partial charge is 0.0433 e. The molecule has 9 aromatic rings. The highest BCUT2D eigenvalue weighted by atomic mass is 32.1. The molecule has 0 radical (unpaired) electrons. The molecule has 1 aromatic heterocycles. The topological polar surface area (TPSA) is 0 Å². The van der Waals surface area contributed by atoms with E-state index in [1.165, 1.54) is 91.8 Å². The largest absolute Gasteiger partial charge is 0.135 e. The first-order chi connectivity index (χ1) is 22.7. The van der Waals surface area contributed by atoms with Gasteiger partial charge >= 0.3 is 0 Å². The SMILES string of the molecule is Cc1ccc(-c2c3ccccc3c(-c3ccccc3)c3cc(-c4cccc(-c5cccc6c5sc5ccccc56)c4)ccc23)cc1. The van der Waals surface area contributed by atoms with Crippen LogP contribution in [-0.4, -0.2) is 0 Å². The van der Waals surface area contributed by atoms with Gasteiger partial charge in [-0.25, -0.2) is 0 Å². The average molecular weight is 603 g/mol. The van der Waals surface area contributed by atoms with E-state index < -0.39 is 0 Å². The number of benzene rings is 8. The second-order valence-electron chi connectivity index (χ2n) is 12.1. The van der Waals surface area contributed by atoms with Crippen molar-refractivity contribution in [2.24, 2.45) is 0 Å². The van der Waals surface area contributed by atoms with E-state index in [4.69, 9.17) is 0 Å². The molecule has 216 valence electrons. The highest BCUT2D eigenvalue weighted by Gasteiger charge is 2.18. The van der Waals surface area contributed by atoms with Gasteiger partial charge in [-0.1, -0.05) is 151 Å². The van der Waals surface area contributed by atoms with Gasteiger partial charge in [0.2, 0.25) is 0 Å². The van der Waals surface area contributed by atoms with E-state index in [9.17, 15) is 0 Å². The molecule has 0 amide bonds. The van der Waals surface area contributed by atoms with Crippen molar-refractivity contribution in [1.29, 1.82) is 0 Å². The summed E-state index contributed by atoms with van der Waals surface area (Å²) in [5.41, 5.74) is 11.3. The lowest BCUT2D eigenvalue weighted by atomic mass is 9.84. The summed E-state index contributed by atoms with van der Waals surface area (Å²) in [6, 6.07) is 60.4. The minimum atomic E-state index is 1.22. The summed E-state index contributed by atoms with van der Waals surface area (Å²) >= 11 is 1.89. The molecule has 0 fully saturated rings.